The van der Waals surface area contributed by atoms with E-state index in [1.54, 1.807) is 11.3 Å². The number of carbonyl (C=O) groups excluding carboxylic acids is 1. The van der Waals surface area contributed by atoms with Crippen molar-refractivity contribution in [2.45, 2.75) is 84.0 Å². The standard InChI is InChI=1S/C24H33N7O2S/c1-13-9-19(29-28-13)25-20-18-10-14(2)34-21(18)27-22(26-20)30(6)17-11-15-7-8-16(12-17)31(15)23(32)33-24(3,4)5/h9-10,15-17H,7-8,11-12H2,1-6H3,(H2,25,26,27,28,29)/t15-,16+,17?. The third-order valence-corrected chi connectivity index (χ3v) is 7.58. The number of amides is 1. The summed E-state index contributed by atoms with van der Waals surface area (Å²) in [5, 5.41) is 11.7. The van der Waals surface area contributed by atoms with Crippen LogP contribution in [0, 0.1) is 13.8 Å². The molecule has 2 N–H and O–H groups in total. The van der Waals surface area contributed by atoms with Gasteiger partial charge in [-0.15, -0.1) is 11.3 Å². The summed E-state index contributed by atoms with van der Waals surface area (Å²) in [7, 11) is 2.07. The van der Waals surface area contributed by atoms with Crippen LogP contribution < -0.4 is 10.2 Å². The molecule has 1 unspecified atom stereocenters. The largest absolute Gasteiger partial charge is 0.444 e. The normalized spacial score (nSPS) is 22.3. The van der Waals surface area contributed by atoms with E-state index in [-0.39, 0.29) is 24.2 Å². The number of thiophene rings is 1. The van der Waals surface area contributed by atoms with Crippen molar-refractivity contribution < 1.29 is 9.53 Å². The van der Waals surface area contributed by atoms with Crippen LogP contribution in [0.4, 0.5) is 22.4 Å². The fourth-order valence-electron chi connectivity index (χ4n) is 5.13. The van der Waals surface area contributed by atoms with Gasteiger partial charge in [0.25, 0.3) is 0 Å². The lowest BCUT2D eigenvalue weighted by Gasteiger charge is -2.42. The molecule has 0 spiro atoms. The van der Waals surface area contributed by atoms with E-state index in [2.05, 4.69) is 40.5 Å². The van der Waals surface area contributed by atoms with Crippen molar-refractivity contribution in [3.63, 3.8) is 0 Å². The lowest BCUT2D eigenvalue weighted by Crippen LogP contribution is -2.53. The average molecular weight is 484 g/mol. The van der Waals surface area contributed by atoms with Crippen LogP contribution >= 0.6 is 11.3 Å². The Balaban J connectivity index is 1.39. The van der Waals surface area contributed by atoms with Crippen molar-refractivity contribution in [1.82, 2.24) is 25.1 Å². The van der Waals surface area contributed by atoms with Gasteiger partial charge in [-0.25, -0.2) is 9.78 Å². The monoisotopic (exact) mass is 483 g/mol. The van der Waals surface area contributed by atoms with Crippen LogP contribution in [0.25, 0.3) is 10.2 Å². The number of anilines is 3. The number of piperidine rings is 1. The molecule has 2 aliphatic rings. The molecule has 0 radical (unpaired) electrons. The Morgan fingerprint density at radius 1 is 1.21 bits per heavy atom. The highest BCUT2D eigenvalue weighted by Crippen LogP contribution is 2.40. The van der Waals surface area contributed by atoms with Crippen LogP contribution in [0.2, 0.25) is 0 Å². The third-order valence-electron chi connectivity index (χ3n) is 6.63. The average Bonchev–Trinajstić information content (AvgIpc) is 3.40. The predicted octanol–water partition coefficient (Wildman–Crippen LogP) is 5.14. The number of nitrogens with zero attached hydrogens (tertiary/aromatic N) is 5. The first-order valence-electron chi connectivity index (χ1n) is 11.9. The molecule has 0 saturated carbocycles. The van der Waals surface area contributed by atoms with Gasteiger partial charge in [0.2, 0.25) is 5.95 Å². The summed E-state index contributed by atoms with van der Waals surface area (Å²) in [6.07, 6.45) is 3.62. The second kappa shape index (κ2) is 8.41. The maximum absolute atomic E-state index is 12.8. The zero-order valence-corrected chi connectivity index (χ0v) is 21.5. The van der Waals surface area contributed by atoms with Gasteiger partial charge in [-0.3, -0.25) is 5.10 Å². The maximum Gasteiger partial charge on any atom is 0.410 e. The van der Waals surface area contributed by atoms with E-state index >= 15 is 0 Å². The van der Waals surface area contributed by atoms with Gasteiger partial charge in [0.15, 0.2) is 5.82 Å². The van der Waals surface area contributed by atoms with Gasteiger partial charge >= 0.3 is 6.09 Å². The molecule has 5 rings (SSSR count). The molecule has 2 fully saturated rings. The Labute approximate surface area is 203 Å². The summed E-state index contributed by atoms with van der Waals surface area (Å²) in [5.41, 5.74) is 0.501. The highest BCUT2D eigenvalue weighted by atomic mass is 32.1. The molecule has 34 heavy (non-hydrogen) atoms. The second-order valence-corrected chi connectivity index (χ2v) is 11.8. The van der Waals surface area contributed by atoms with Gasteiger partial charge in [-0.05, 0) is 66.4 Å². The molecule has 2 saturated heterocycles. The summed E-state index contributed by atoms with van der Waals surface area (Å²) in [6, 6.07) is 4.72. The molecule has 3 aromatic rings. The minimum atomic E-state index is -0.484. The van der Waals surface area contributed by atoms with E-state index in [9.17, 15) is 4.79 Å². The molecule has 3 atom stereocenters. The van der Waals surface area contributed by atoms with Crippen molar-refractivity contribution in [2.75, 3.05) is 17.3 Å². The van der Waals surface area contributed by atoms with Crippen molar-refractivity contribution in [3.05, 3.63) is 22.7 Å². The highest BCUT2D eigenvalue weighted by Gasteiger charge is 2.46. The van der Waals surface area contributed by atoms with E-state index in [1.165, 1.54) is 4.88 Å². The zero-order chi connectivity index (χ0) is 24.2. The van der Waals surface area contributed by atoms with E-state index in [0.29, 0.717) is 5.95 Å². The Morgan fingerprint density at radius 2 is 1.91 bits per heavy atom. The minimum absolute atomic E-state index is 0.186. The zero-order valence-electron chi connectivity index (χ0n) is 20.7. The van der Waals surface area contributed by atoms with Gasteiger partial charge in [-0.2, -0.15) is 10.1 Å². The number of ether oxygens (including phenoxy) is 1. The number of aromatic nitrogens is 4. The van der Waals surface area contributed by atoms with Crippen molar-refractivity contribution >= 4 is 45.2 Å². The third kappa shape index (κ3) is 4.43. The first-order chi connectivity index (χ1) is 16.1. The van der Waals surface area contributed by atoms with Crippen molar-refractivity contribution in [1.29, 1.82) is 0 Å². The van der Waals surface area contributed by atoms with E-state index in [4.69, 9.17) is 14.7 Å². The van der Waals surface area contributed by atoms with Crippen LogP contribution in [0.1, 0.15) is 57.0 Å². The van der Waals surface area contributed by atoms with Crippen LogP contribution in [-0.2, 0) is 4.74 Å². The first-order valence-corrected chi connectivity index (χ1v) is 12.7. The number of nitrogens with one attached hydrogen (secondary N) is 2. The van der Waals surface area contributed by atoms with E-state index in [0.717, 1.165) is 53.2 Å². The Hall–Kier alpha value is -2.88. The molecular weight excluding hydrogens is 450 g/mol. The highest BCUT2D eigenvalue weighted by molar-refractivity contribution is 7.18. The molecule has 10 heteroatoms. The van der Waals surface area contributed by atoms with Crippen molar-refractivity contribution in [2.24, 2.45) is 0 Å². The molecule has 3 aromatic heterocycles. The number of hydrogen-bond donors (Lipinski definition) is 2. The van der Waals surface area contributed by atoms with Crippen LogP contribution in [0.5, 0.6) is 0 Å². The van der Waals surface area contributed by atoms with Crippen LogP contribution in [0.15, 0.2) is 12.1 Å². The van der Waals surface area contributed by atoms with Crippen LogP contribution in [0.3, 0.4) is 0 Å². The summed E-state index contributed by atoms with van der Waals surface area (Å²) >= 11 is 1.67. The molecule has 5 heterocycles. The smallest absolute Gasteiger partial charge is 0.410 e. The number of aryl methyl sites for hydroxylation is 2. The molecule has 9 nitrogen and oxygen atoms in total. The van der Waals surface area contributed by atoms with Gasteiger partial charge in [0.1, 0.15) is 16.2 Å². The first kappa shape index (κ1) is 22.9. The number of aromatic amines is 1. The molecular formula is C24H33N7O2S. The van der Waals surface area contributed by atoms with Gasteiger partial charge in [0.05, 0.1) is 5.39 Å². The van der Waals surface area contributed by atoms with Gasteiger partial charge in [0, 0.05) is 41.8 Å². The fourth-order valence-corrected chi connectivity index (χ4v) is 6.00. The molecule has 2 bridgehead atoms. The lowest BCUT2D eigenvalue weighted by molar-refractivity contribution is 0.00596. The predicted molar refractivity (Wildman–Crippen MR) is 135 cm³/mol. The lowest BCUT2D eigenvalue weighted by atomic mass is 9.97. The summed E-state index contributed by atoms with van der Waals surface area (Å²) in [5.74, 6) is 2.19. The quantitative estimate of drug-likeness (QED) is 0.530. The SMILES string of the molecule is Cc1cc(Nc2nc(N(C)C3C[C@H]4CC[C@@H](C3)N4C(=O)OC(C)(C)C)nc3sc(C)cc23)n[nH]1. The van der Waals surface area contributed by atoms with Gasteiger partial charge in [-0.1, -0.05) is 0 Å². The topological polar surface area (TPSA) is 99.3 Å². The number of carbonyl (C=O) groups is 1. The van der Waals surface area contributed by atoms with E-state index in [1.807, 2.05) is 38.7 Å². The minimum Gasteiger partial charge on any atom is -0.444 e. The van der Waals surface area contributed by atoms with Gasteiger partial charge < -0.3 is 19.9 Å². The number of H-pyrrole nitrogens is 1. The molecule has 0 aromatic carbocycles. The number of fused-ring (bicyclic) bond motifs is 3. The molecule has 2 aliphatic heterocycles. The summed E-state index contributed by atoms with van der Waals surface area (Å²) in [4.78, 5) is 29.0. The fraction of sp³-hybridized carbons (Fsp3) is 0.583. The molecule has 1 amide bonds. The number of rotatable bonds is 4. The molecule has 182 valence electrons. The summed E-state index contributed by atoms with van der Waals surface area (Å²) < 4.78 is 5.70. The van der Waals surface area contributed by atoms with E-state index < -0.39 is 5.60 Å². The second-order valence-electron chi connectivity index (χ2n) is 10.5. The maximum atomic E-state index is 12.8. The molecule has 0 aliphatic carbocycles. The number of hydrogen-bond acceptors (Lipinski definition) is 8. The summed E-state index contributed by atoms with van der Waals surface area (Å²) in [6.45, 7) is 9.82. The Morgan fingerprint density at radius 3 is 2.53 bits per heavy atom. The Kier molecular flexibility index (Phi) is 5.66. The van der Waals surface area contributed by atoms with Crippen molar-refractivity contribution in [3.8, 4) is 0 Å². The Bertz CT molecular complexity index is 1200. The van der Waals surface area contributed by atoms with Crippen LogP contribution in [-0.4, -0.2) is 61.9 Å².